The average molecular weight is 450 g/mol. The van der Waals surface area contributed by atoms with Gasteiger partial charge >= 0.3 is 6.61 Å². The lowest BCUT2D eigenvalue weighted by molar-refractivity contribution is -0.122. The number of halogens is 2. The molecule has 0 unspecified atom stereocenters. The highest BCUT2D eigenvalue weighted by Gasteiger charge is 2.32. The Morgan fingerprint density at radius 2 is 2.03 bits per heavy atom. The molecule has 0 saturated carbocycles. The van der Waals surface area contributed by atoms with Crippen LogP contribution in [0.2, 0.25) is 0 Å². The number of hydrogen-bond acceptors (Lipinski definition) is 6. The van der Waals surface area contributed by atoms with Crippen molar-refractivity contribution in [1.82, 2.24) is 4.90 Å². The number of alkyl halides is 2. The second-order valence-corrected chi connectivity index (χ2v) is 7.77. The molecule has 2 aromatic rings. The number of phenols is 1. The van der Waals surface area contributed by atoms with Crippen LogP contribution < -0.4 is 10.1 Å². The summed E-state index contributed by atoms with van der Waals surface area (Å²) in [7, 11) is 0. The molecule has 1 fully saturated rings. The Morgan fingerprint density at radius 1 is 1.27 bits per heavy atom. The summed E-state index contributed by atoms with van der Waals surface area (Å²) in [6, 6.07) is 12.2. The number of para-hydroxylation sites is 1. The van der Waals surface area contributed by atoms with Crippen LogP contribution in [0, 0.1) is 0 Å². The quantitative estimate of drug-likeness (QED) is 0.486. The molecule has 0 radical (unpaired) electrons. The smallest absolute Gasteiger partial charge is 0.387 e. The van der Waals surface area contributed by atoms with E-state index >= 15 is 0 Å². The molecule has 2 aromatic carbocycles. The monoisotopic (exact) mass is 450 g/mol. The number of thiocarbonyl (C=S) groups is 1. The fourth-order valence-electron chi connectivity index (χ4n) is 2.66. The van der Waals surface area contributed by atoms with E-state index in [4.69, 9.17) is 12.2 Å². The fourth-order valence-corrected chi connectivity index (χ4v) is 3.96. The third kappa shape index (κ3) is 5.55. The van der Waals surface area contributed by atoms with E-state index in [2.05, 4.69) is 10.1 Å². The highest BCUT2D eigenvalue weighted by molar-refractivity contribution is 8.26. The summed E-state index contributed by atoms with van der Waals surface area (Å²) in [6.45, 7) is -2.93. The number of nitrogens with zero attached hydrogens (tertiary/aromatic N) is 1. The number of carbonyl (C=O) groups is 2. The van der Waals surface area contributed by atoms with E-state index in [0.717, 1.165) is 11.8 Å². The number of benzene rings is 2. The largest absolute Gasteiger partial charge is 0.508 e. The number of nitrogens with one attached hydrogen (secondary N) is 1. The van der Waals surface area contributed by atoms with Gasteiger partial charge in [-0.15, -0.1) is 0 Å². The molecule has 0 spiro atoms. The van der Waals surface area contributed by atoms with Crippen LogP contribution in [0.3, 0.4) is 0 Å². The number of ether oxygens (including phenoxy) is 1. The van der Waals surface area contributed by atoms with Crippen molar-refractivity contribution in [3.05, 3.63) is 59.0 Å². The lowest BCUT2D eigenvalue weighted by Crippen LogP contribution is -2.31. The SMILES string of the molecule is O=C(CCN1C(=O)/C(=C/c2ccccc2OC(F)F)SC1=S)Nc1cccc(O)c1. The number of carbonyl (C=O) groups excluding carboxylic acids is 2. The Hall–Kier alpha value is -2.98. The molecule has 30 heavy (non-hydrogen) atoms. The van der Waals surface area contributed by atoms with Gasteiger partial charge < -0.3 is 15.2 Å². The summed E-state index contributed by atoms with van der Waals surface area (Å²) in [5, 5.41) is 12.1. The van der Waals surface area contributed by atoms with Gasteiger partial charge in [-0.1, -0.05) is 48.2 Å². The topological polar surface area (TPSA) is 78.9 Å². The first-order valence-corrected chi connectivity index (χ1v) is 9.94. The Kier molecular flexibility index (Phi) is 7.01. The maximum atomic E-state index is 12.7. The van der Waals surface area contributed by atoms with Crippen molar-refractivity contribution in [2.75, 3.05) is 11.9 Å². The van der Waals surface area contributed by atoms with Crippen molar-refractivity contribution in [3.8, 4) is 11.5 Å². The fraction of sp³-hybridized carbons (Fsp3) is 0.150. The number of thioether (sulfide) groups is 1. The van der Waals surface area contributed by atoms with Crippen LogP contribution in [0.1, 0.15) is 12.0 Å². The minimum atomic E-state index is -2.99. The zero-order valence-corrected chi connectivity index (χ0v) is 17.0. The van der Waals surface area contributed by atoms with Crippen LogP contribution in [0.15, 0.2) is 53.4 Å². The van der Waals surface area contributed by atoms with Crippen LogP contribution in [-0.4, -0.2) is 39.3 Å². The van der Waals surface area contributed by atoms with E-state index < -0.39 is 12.5 Å². The van der Waals surface area contributed by atoms with Crippen molar-refractivity contribution in [3.63, 3.8) is 0 Å². The van der Waals surface area contributed by atoms with Crippen molar-refractivity contribution in [2.24, 2.45) is 0 Å². The van der Waals surface area contributed by atoms with Gasteiger partial charge in [0.1, 0.15) is 15.8 Å². The molecule has 3 rings (SSSR count). The summed E-state index contributed by atoms with van der Waals surface area (Å²) >= 11 is 6.25. The highest BCUT2D eigenvalue weighted by atomic mass is 32.2. The average Bonchev–Trinajstić information content (AvgIpc) is 2.94. The Balaban J connectivity index is 1.65. The van der Waals surface area contributed by atoms with Crippen LogP contribution in [-0.2, 0) is 9.59 Å². The Labute approximate surface area is 180 Å². The lowest BCUT2D eigenvalue weighted by Gasteiger charge is -2.14. The normalized spacial score (nSPS) is 15.2. The standard InChI is InChI=1S/C20H16F2N2O4S2/c21-19(22)28-15-7-2-1-4-12(15)10-16-18(27)24(20(29)30-16)9-8-17(26)23-13-5-3-6-14(25)11-13/h1-7,10-11,19,25H,8-9H2,(H,23,26)/b16-10-. The van der Waals surface area contributed by atoms with Crippen molar-refractivity contribution in [1.29, 1.82) is 0 Å². The molecule has 1 aliphatic heterocycles. The van der Waals surface area contributed by atoms with E-state index in [1.807, 2.05) is 0 Å². The number of phenolic OH excluding ortho intramolecular Hbond substituents is 1. The molecule has 2 amide bonds. The zero-order chi connectivity index (χ0) is 21.7. The number of hydrogen-bond donors (Lipinski definition) is 2. The van der Waals surface area contributed by atoms with Crippen molar-refractivity contribution >= 4 is 51.9 Å². The molecular weight excluding hydrogens is 434 g/mol. The molecule has 10 heteroatoms. The molecule has 156 valence electrons. The first-order chi connectivity index (χ1) is 14.3. The maximum absolute atomic E-state index is 12.7. The molecule has 6 nitrogen and oxygen atoms in total. The number of rotatable bonds is 7. The van der Waals surface area contributed by atoms with E-state index in [9.17, 15) is 23.5 Å². The van der Waals surface area contributed by atoms with E-state index in [1.165, 1.54) is 29.2 Å². The van der Waals surface area contributed by atoms with Crippen molar-refractivity contribution in [2.45, 2.75) is 13.0 Å². The predicted octanol–water partition coefficient (Wildman–Crippen LogP) is 4.22. The first kappa shape index (κ1) is 21.7. The van der Waals surface area contributed by atoms with Crippen molar-refractivity contribution < 1.29 is 28.2 Å². The molecule has 2 N–H and O–H groups in total. The molecule has 1 heterocycles. The first-order valence-electron chi connectivity index (χ1n) is 8.71. The predicted molar refractivity (Wildman–Crippen MR) is 114 cm³/mol. The Bertz CT molecular complexity index is 1010. The van der Waals surface area contributed by atoms with Gasteiger partial charge in [-0.25, -0.2) is 0 Å². The maximum Gasteiger partial charge on any atom is 0.387 e. The lowest BCUT2D eigenvalue weighted by atomic mass is 10.2. The van der Waals surface area contributed by atoms with Crippen LogP contribution in [0.5, 0.6) is 11.5 Å². The molecule has 1 saturated heterocycles. The molecule has 0 aliphatic carbocycles. The molecule has 0 bridgehead atoms. The zero-order valence-electron chi connectivity index (χ0n) is 15.4. The number of anilines is 1. The molecule has 0 atom stereocenters. The van der Waals surface area contributed by atoms with Gasteiger partial charge in [-0.2, -0.15) is 8.78 Å². The summed E-state index contributed by atoms with van der Waals surface area (Å²) in [5.41, 5.74) is 0.751. The van der Waals surface area contributed by atoms with Gasteiger partial charge in [-0.05, 0) is 24.3 Å². The van der Waals surface area contributed by atoms with Gasteiger partial charge in [0, 0.05) is 30.3 Å². The second-order valence-electron chi connectivity index (χ2n) is 6.10. The van der Waals surface area contributed by atoms with Gasteiger partial charge in [-0.3, -0.25) is 14.5 Å². The van der Waals surface area contributed by atoms with Crippen LogP contribution >= 0.6 is 24.0 Å². The van der Waals surface area contributed by atoms with E-state index in [-0.39, 0.29) is 39.6 Å². The third-order valence-corrected chi connectivity index (χ3v) is 5.37. The molecular formula is C20H16F2N2O4S2. The highest BCUT2D eigenvalue weighted by Crippen LogP contribution is 2.34. The van der Waals surface area contributed by atoms with Crippen LogP contribution in [0.4, 0.5) is 14.5 Å². The van der Waals surface area contributed by atoms with Gasteiger partial charge in [0.2, 0.25) is 5.91 Å². The summed E-state index contributed by atoms with van der Waals surface area (Å²) < 4.78 is 29.9. The van der Waals surface area contributed by atoms with Gasteiger partial charge in [0.05, 0.1) is 4.91 Å². The Morgan fingerprint density at radius 3 is 2.77 bits per heavy atom. The summed E-state index contributed by atoms with van der Waals surface area (Å²) in [5.74, 6) is -0.800. The molecule has 1 aliphatic rings. The minimum absolute atomic E-state index is 0.0134. The summed E-state index contributed by atoms with van der Waals surface area (Å²) in [4.78, 5) is 26.3. The minimum Gasteiger partial charge on any atom is -0.508 e. The number of aromatic hydroxyl groups is 1. The van der Waals surface area contributed by atoms with E-state index in [0.29, 0.717) is 11.3 Å². The van der Waals surface area contributed by atoms with Gasteiger partial charge in [0.25, 0.3) is 5.91 Å². The van der Waals surface area contributed by atoms with E-state index in [1.54, 1.807) is 30.3 Å². The summed E-state index contributed by atoms with van der Waals surface area (Å²) in [6.07, 6.45) is 1.42. The molecule has 0 aromatic heterocycles. The second kappa shape index (κ2) is 9.68. The third-order valence-electron chi connectivity index (χ3n) is 3.99. The number of amides is 2. The van der Waals surface area contributed by atoms with Crippen LogP contribution in [0.25, 0.3) is 6.08 Å². The van der Waals surface area contributed by atoms with Gasteiger partial charge in [0.15, 0.2) is 0 Å².